The number of allylic oxidation sites excluding steroid dienone is 14. The number of carbonyl (C=O) groups excluding carboxylic acids is 1. The lowest BCUT2D eigenvalue weighted by Gasteiger charge is -2.22. The molecular formula is C42H71NO3. The Balaban J connectivity index is 3.72. The van der Waals surface area contributed by atoms with Crippen molar-refractivity contribution in [3.8, 4) is 0 Å². The molecule has 0 aliphatic carbocycles. The van der Waals surface area contributed by atoms with Crippen molar-refractivity contribution in [1.82, 2.24) is 5.32 Å². The average molecular weight is 638 g/mol. The lowest BCUT2D eigenvalue weighted by Crippen LogP contribution is -2.45. The van der Waals surface area contributed by atoms with Crippen LogP contribution in [0.15, 0.2) is 85.1 Å². The van der Waals surface area contributed by atoms with E-state index in [9.17, 15) is 15.0 Å². The van der Waals surface area contributed by atoms with Gasteiger partial charge in [0, 0.05) is 6.42 Å². The van der Waals surface area contributed by atoms with Crippen LogP contribution in [0.5, 0.6) is 0 Å². The van der Waals surface area contributed by atoms with Crippen molar-refractivity contribution in [2.24, 2.45) is 0 Å². The zero-order valence-electron chi connectivity index (χ0n) is 29.8. The number of unbranched alkanes of at least 4 members (excludes halogenated alkanes) is 11. The molecule has 4 nitrogen and oxygen atoms in total. The van der Waals surface area contributed by atoms with E-state index in [2.05, 4.69) is 104 Å². The largest absolute Gasteiger partial charge is 0.394 e. The zero-order chi connectivity index (χ0) is 33.6. The van der Waals surface area contributed by atoms with E-state index in [0.717, 1.165) is 83.5 Å². The molecule has 4 heteroatoms. The second-order valence-electron chi connectivity index (χ2n) is 12.3. The number of amides is 1. The van der Waals surface area contributed by atoms with Gasteiger partial charge in [0.2, 0.25) is 5.91 Å². The molecule has 0 aliphatic heterocycles. The third-order valence-electron chi connectivity index (χ3n) is 7.92. The average Bonchev–Trinajstić information content (AvgIpc) is 3.06. The van der Waals surface area contributed by atoms with Crippen molar-refractivity contribution < 1.29 is 15.0 Å². The minimum Gasteiger partial charge on any atom is -0.394 e. The first kappa shape index (κ1) is 43.6. The van der Waals surface area contributed by atoms with Gasteiger partial charge in [-0.05, 0) is 70.6 Å². The normalized spacial score (nSPS) is 14.1. The molecule has 0 aromatic carbocycles. The van der Waals surface area contributed by atoms with Crippen molar-refractivity contribution in [2.45, 2.75) is 167 Å². The highest BCUT2D eigenvalue weighted by Crippen LogP contribution is 2.13. The molecular weight excluding hydrogens is 566 g/mol. The molecule has 262 valence electrons. The van der Waals surface area contributed by atoms with Crippen LogP contribution in [-0.2, 0) is 4.79 Å². The van der Waals surface area contributed by atoms with E-state index in [1.165, 1.54) is 44.9 Å². The maximum absolute atomic E-state index is 12.3. The van der Waals surface area contributed by atoms with Crippen LogP contribution >= 0.6 is 0 Å². The summed E-state index contributed by atoms with van der Waals surface area (Å²) in [5, 5.41) is 22.9. The quantitative estimate of drug-likeness (QED) is 0.0508. The van der Waals surface area contributed by atoms with Gasteiger partial charge in [0.25, 0.3) is 0 Å². The van der Waals surface area contributed by atoms with Gasteiger partial charge in [-0.2, -0.15) is 0 Å². The van der Waals surface area contributed by atoms with Crippen LogP contribution < -0.4 is 5.32 Å². The fourth-order valence-corrected chi connectivity index (χ4v) is 5.04. The minimum atomic E-state index is -0.676. The highest BCUT2D eigenvalue weighted by atomic mass is 16.3. The van der Waals surface area contributed by atoms with Crippen molar-refractivity contribution in [3.63, 3.8) is 0 Å². The topological polar surface area (TPSA) is 69.6 Å². The summed E-state index contributed by atoms with van der Waals surface area (Å²) >= 11 is 0. The van der Waals surface area contributed by atoms with Crippen LogP contribution in [0.1, 0.15) is 155 Å². The smallest absolute Gasteiger partial charge is 0.220 e. The van der Waals surface area contributed by atoms with Crippen LogP contribution in [-0.4, -0.2) is 34.9 Å². The molecule has 1 amide bonds. The molecule has 0 radical (unpaired) electrons. The number of hydrogen-bond acceptors (Lipinski definition) is 3. The molecule has 0 saturated heterocycles. The van der Waals surface area contributed by atoms with Gasteiger partial charge >= 0.3 is 0 Å². The summed E-state index contributed by atoms with van der Waals surface area (Å²) in [4.78, 5) is 12.3. The van der Waals surface area contributed by atoms with Crippen molar-refractivity contribution >= 4 is 5.91 Å². The van der Waals surface area contributed by atoms with Crippen molar-refractivity contribution in [3.05, 3.63) is 85.1 Å². The number of carbonyl (C=O) groups is 1. The molecule has 0 rings (SSSR count). The Morgan fingerprint density at radius 1 is 0.543 bits per heavy atom. The van der Waals surface area contributed by atoms with E-state index in [-0.39, 0.29) is 12.5 Å². The van der Waals surface area contributed by atoms with E-state index in [0.29, 0.717) is 12.8 Å². The Morgan fingerprint density at radius 3 is 1.41 bits per heavy atom. The highest BCUT2D eigenvalue weighted by molar-refractivity contribution is 5.76. The molecule has 2 unspecified atom stereocenters. The fraction of sp³-hybridized carbons (Fsp3) is 0.643. The number of aliphatic hydroxyl groups excluding tert-OH is 2. The molecule has 2 atom stereocenters. The number of nitrogens with one attached hydrogen (secondary N) is 1. The summed E-state index contributed by atoms with van der Waals surface area (Å²) in [6, 6.07) is -0.557. The molecule has 0 saturated carbocycles. The van der Waals surface area contributed by atoms with Gasteiger partial charge in [0.05, 0.1) is 18.8 Å². The Kier molecular flexibility index (Phi) is 35.1. The molecule has 0 fully saturated rings. The van der Waals surface area contributed by atoms with Gasteiger partial charge < -0.3 is 15.5 Å². The van der Waals surface area contributed by atoms with Gasteiger partial charge in [-0.3, -0.25) is 4.79 Å². The number of rotatable bonds is 32. The maximum atomic E-state index is 12.3. The predicted molar refractivity (Wildman–Crippen MR) is 202 cm³/mol. The second kappa shape index (κ2) is 37.0. The fourth-order valence-electron chi connectivity index (χ4n) is 5.04. The third kappa shape index (κ3) is 32.9. The highest BCUT2D eigenvalue weighted by Gasteiger charge is 2.19. The lowest BCUT2D eigenvalue weighted by atomic mass is 10.0. The van der Waals surface area contributed by atoms with E-state index < -0.39 is 12.1 Å². The summed E-state index contributed by atoms with van der Waals surface area (Å²) in [5.74, 6) is -0.0710. The van der Waals surface area contributed by atoms with Gasteiger partial charge in [-0.25, -0.2) is 0 Å². The zero-order valence-corrected chi connectivity index (χ0v) is 29.8. The molecule has 0 aromatic rings. The first-order chi connectivity index (χ1) is 22.7. The van der Waals surface area contributed by atoms with Crippen LogP contribution in [0.2, 0.25) is 0 Å². The molecule has 0 spiro atoms. The lowest BCUT2D eigenvalue weighted by molar-refractivity contribution is -0.123. The summed E-state index contributed by atoms with van der Waals surface area (Å²) in [6.07, 6.45) is 53.6. The SMILES string of the molecule is CC/C=C\C/C=C\C/C=C\C/C=C\C/C=C\C/C=C\C/C=C\CCCCCC(=O)NC(CO)C(O)CCCCCCCCCCC. The Labute approximate surface area is 284 Å². The summed E-state index contributed by atoms with van der Waals surface area (Å²) in [5.41, 5.74) is 0. The first-order valence-electron chi connectivity index (χ1n) is 18.8. The van der Waals surface area contributed by atoms with Crippen molar-refractivity contribution in [1.29, 1.82) is 0 Å². The summed E-state index contributed by atoms with van der Waals surface area (Å²) in [7, 11) is 0. The van der Waals surface area contributed by atoms with E-state index in [1.54, 1.807) is 0 Å². The maximum Gasteiger partial charge on any atom is 0.220 e. The minimum absolute atomic E-state index is 0.0710. The first-order valence-corrected chi connectivity index (χ1v) is 18.8. The van der Waals surface area contributed by atoms with Gasteiger partial charge in [-0.15, -0.1) is 0 Å². The Morgan fingerprint density at radius 2 is 0.957 bits per heavy atom. The van der Waals surface area contributed by atoms with Gasteiger partial charge in [-0.1, -0.05) is 163 Å². The molecule has 46 heavy (non-hydrogen) atoms. The summed E-state index contributed by atoms with van der Waals surface area (Å²) in [6.45, 7) is 4.18. The van der Waals surface area contributed by atoms with Crippen LogP contribution in [0.25, 0.3) is 0 Å². The molecule has 3 N–H and O–H groups in total. The second-order valence-corrected chi connectivity index (χ2v) is 12.3. The van der Waals surface area contributed by atoms with Crippen LogP contribution in [0.3, 0.4) is 0 Å². The standard InChI is InChI=1S/C42H71NO3/c1-3-5-7-9-11-13-14-15-16-17-18-19-20-21-22-23-24-25-26-27-28-30-32-34-36-38-42(46)43-40(39-44)41(45)37-35-33-31-29-12-10-8-6-4-2/h5,7,11,13,15-16,18-19,21-22,24-25,27-28,40-41,44-45H,3-4,6,8-10,12,14,17,20,23,26,29-39H2,1-2H3,(H,43,46)/b7-5-,13-11-,16-15-,19-18-,22-21-,25-24-,28-27-. The molecule has 0 aromatic heterocycles. The van der Waals surface area contributed by atoms with E-state index in [1.807, 2.05) is 0 Å². The molecule has 0 bridgehead atoms. The van der Waals surface area contributed by atoms with Crippen molar-refractivity contribution in [2.75, 3.05) is 6.61 Å². The number of hydrogen-bond donors (Lipinski definition) is 3. The number of aliphatic hydroxyl groups is 2. The van der Waals surface area contributed by atoms with E-state index in [4.69, 9.17) is 0 Å². The third-order valence-corrected chi connectivity index (χ3v) is 7.92. The van der Waals surface area contributed by atoms with Gasteiger partial charge in [0.1, 0.15) is 0 Å². The van der Waals surface area contributed by atoms with Gasteiger partial charge in [0.15, 0.2) is 0 Å². The van der Waals surface area contributed by atoms with Crippen LogP contribution in [0, 0.1) is 0 Å². The van der Waals surface area contributed by atoms with Crippen LogP contribution in [0.4, 0.5) is 0 Å². The predicted octanol–water partition coefficient (Wildman–Crippen LogP) is 11.3. The van der Waals surface area contributed by atoms with E-state index >= 15 is 0 Å². The Hall–Kier alpha value is -2.43. The monoisotopic (exact) mass is 638 g/mol. The summed E-state index contributed by atoms with van der Waals surface area (Å²) < 4.78 is 0. The Bertz CT molecular complexity index is 864. The molecule has 0 heterocycles. The molecule has 0 aliphatic rings.